The Bertz CT molecular complexity index is 996. The molecule has 0 saturated carbocycles. The topological polar surface area (TPSA) is 67.8 Å². The van der Waals surface area contributed by atoms with E-state index in [1.54, 1.807) is 31.3 Å². The van der Waals surface area contributed by atoms with Crippen LogP contribution < -0.4 is 5.32 Å². The second-order valence-corrected chi connectivity index (χ2v) is 6.36. The number of alkyl halides is 3. The average Bonchev–Trinajstić information content (AvgIpc) is 2.67. The van der Waals surface area contributed by atoms with Crippen LogP contribution in [0.2, 0.25) is 5.02 Å². The molecule has 0 spiro atoms. The Morgan fingerprint density at radius 2 is 1.82 bits per heavy atom. The third-order valence-corrected chi connectivity index (χ3v) is 4.10. The van der Waals surface area contributed by atoms with Crippen molar-refractivity contribution in [2.24, 2.45) is 0 Å². The lowest BCUT2D eigenvalue weighted by atomic mass is 10.1. The second kappa shape index (κ2) is 7.93. The molecular weight excluding hydrogens is 393 g/mol. The first kappa shape index (κ1) is 19.8. The van der Waals surface area contributed by atoms with Gasteiger partial charge in [-0.3, -0.25) is 19.7 Å². The molecule has 3 aromatic rings. The van der Waals surface area contributed by atoms with Crippen LogP contribution in [0, 0.1) is 0 Å². The highest BCUT2D eigenvalue weighted by molar-refractivity contribution is 6.31. The summed E-state index contributed by atoms with van der Waals surface area (Å²) in [6.45, 7) is 1.66. The number of nitrogens with one attached hydrogen (secondary N) is 1. The molecule has 144 valence electrons. The van der Waals surface area contributed by atoms with Gasteiger partial charge in [0.1, 0.15) is 5.69 Å². The van der Waals surface area contributed by atoms with Crippen LogP contribution >= 0.6 is 11.6 Å². The number of rotatable bonds is 4. The zero-order chi connectivity index (χ0) is 20.3. The van der Waals surface area contributed by atoms with Gasteiger partial charge in [-0.25, -0.2) is 0 Å². The van der Waals surface area contributed by atoms with Crippen LogP contribution in [0.3, 0.4) is 0 Å². The highest BCUT2D eigenvalue weighted by Crippen LogP contribution is 2.32. The molecule has 1 aromatic carbocycles. The monoisotopic (exact) mass is 406 g/mol. The maximum absolute atomic E-state index is 13.0. The van der Waals surface area contributed by atoms with E-state index in [9.17, 15) is 18.0 Å². The minimum atomic E-state index is -4.61. The van der Waals surface area contributed by atoms with Crippen LogP contribution in [-0.4, -0.2) is 20.9 Å². The van der Waals surface area contributed by atoms with Gasteiger partial charge in [0.05, 0.1) is 23.0 Å². The Hall–Kier alpha value is -3.00. The molecule has 2 aromatic heterocycles. The molecular formula is C19H14ClF3N4O. The first-order valence-electron chi connectivity index (χ1n) is 8.16. The fourth-order valence-electron chi connectivity index (χ4n) is 2.60. The van der Waals surface area contributed by atoms with Crippen molar-refractivity contribution in [1.29, 1.82) is 0 Å². The molecule has 1 amide bonds. The lowest BCUT2D eigenvalue weighted by Crippen LogP contribution is -2.28. The summed E-state index contributed by atoms with van der Waals surface area (Å²) >= 11 is 5.75. The van der Waals surface area contributed by atoms with Crippen molar-refractivity contribution in [3.63, 3.8) is 0 Å². The molecule has 0 bridgehead atoms. The summed E-state index contributed by atoms with van der Waals surface area (Å²) in [4.78, 5) is 25.2. The Labute approximate surface area is 163 Å². The van der Waals surface area contributed by atoms with Crippen molar-refractivity contribution in [2.75, 3.05) is 0 Å². The van der Waals surface area contributed by atoms with E-state index in [1.165, 1.54) is 18.5 Å². The summed E-state index contributed by atoms with van der Waals surface area (Å²) in [6.07, 6.45) is -0.0511. The number of pyridine rings is 1. The van der Waals surface area contributed by atoms with Crippen molar-refractivity contribution in [3.8, 4) is 11.4 Å². The van der Waals surface area contributed by atoms with Crippen molar-refractivity contribution in [3.05, 3.63) is 76.8 Å². The van der Waals surface area contributed by atoms with Gasteiger partial charge in [-0.1, -0.05) is 17.7 Å². The van der Waals surface area contributed by atoms with E-state index in [2.05, 4.69) is 20.3 Å². The van der Waals surface area contributed by atoms with Crippen LogP contribution in [0.15, 0.2) is 55.0 Å². The SMILES string of the molecule is CC(NC(=O)c1cc(Cl)cc(C(F)(F)F)c1)c1nccnc1-c1ccccn1. The quantitative estimate of drug-likeness (QED) is 0.681. The summed E-state index contributed by atoms with van der Waals surface area (Å²) in [6, 6.07) is 7.35. The average molecular weight is 407 g/mol. The minimum Gasteiger partial charge on any atom is -0.344 e. The van der Waals surface area contributed by atoms with Crippen molar-refractivity contribution < 1.29 is 18.0 Å². The van der Waals surface area contributed by atoms with E-state index in [-0.39, 0.29) is 10.6 Å². The van der Waals surface area contributed by atoms with Gasteiger partial charge < -0.3 is 5.32 Å². The summed E-state index contributed by atoms with van der Waals surface area (Å²) in [5.74, 6) is -0.710. The number of benzene rings is 1. The van der Waals surface area contributed by atoms with Gasteiger partial charge in [-0.05, 0) is 37.3 Å². The molecule has 0 aliphatic carbocycles. The van der Waals surface area contributed by atoms with Crippen molar-refractivity contribution in [1.82, 2.24) is 20.3 Å². The van der Waals surface area contributed by atoms with Gasteiger partial charge in [0, 0.05) is 29.2 Å². The molecule has 28 heavy (non-hydrogen) atoms. The molecule has 2 heterocycles. The number of halogens is 4. The standard InChI is InChI=1S/C19H14ClF3N4O/c1-11(16-17(26-7-6-25-16)15-4-2-3-5-24-15)27-18(28)12-8-13(19(21,22)23)10-14(20)9-12/h2-11H,1H3,(H,27,28). The molecule has 3 rings (SSSR count). The molecule has 0 saturated heterocycles. The predicted octanol–water partition coefficient (Wildman–Crippen LogP) is 4.70. The van der Waals surface area contributed by atoms with E-state index in [0.717, 1.165) is 12.1 Å². The van der Waals surface area contributed by atoms with E-state index < -0.39 is 23.7 Å². The van der Waals surface area contributed by atoms with Crippen LogP contribution in [-0.2, 0) is 6.18 Å². The molecule has 1 atom stereocenters. The first-order chi connectivity index (χ1) is 13.3. The maximum Gasteiger partial charge on any atom is 0.416 e. The number of nitrogens with zero attached hydrogens (tertiary/aromatic N) is 3. The van der Waals surface area contributed by atoms with Crippen LogP contribution in [0.5, 0.6) is 0 Å². The van der Waals surface area contributed by atoms with Crippen LogP contribution in [0.1, 0.15) is 34.6 Å². The fourth-order valence-corrected chi connectivity index (χ4v) is 2.83. The molecule has 1 N–H and O–H groups in total. The third-order valence-electron chi connectivity index (χ3n) is 3.88. The number of aromatic nitrogens is 3. The highest BCUT2D eigenvalue weighted by Gasteiger charge is 2.32. The highest BCUT2D eigenvalue weighted by atomic mass is 35.5. The molecule has 0 aliphatic heterocycles. The minimum absolute atomic E-state index is 0.179. The Balaban J connectivity index is 1.88. The second-order valence-electron chi connectivity index (χ2n) is 5.93. The van der Waals surface area contributed by atoms with Gasteiger partial charge in [0.2, 0.25) is 0 Å². The van der Waals surface area contributed by atoms with Gasteiger partial charge in [-0.2, -0.15) is 13.2 Å². The molecule has 0 fully saturated rings. The van der Waals surface area contributed by atoms with Crippen LogP contribution in [0.25, 0.3) is 11.4 Å². The lowest BCUT2D eigenvalue weighted by Gasteiger charge is -2.17. The van der Waals surface area contributed by atoms with E-state index in [4.69, 9.17) is 11.6 Å². The Morgan fingerprint density at radius 3 is 2.50 bits per heavy atom. The normalized spacial score (nSPS) is 12.5. The number of hydrogen-bond acceptors (Lipinski definition) is 4. The lowest BCUT2D eigenvalue weighted by molar-refractivity contribution is -0.137. The molecule has 0 radical (unpaired) electrons. The molecule has 1 unspecified atom stereocenters. The number of hydrogen-bond donors (Lipinski definition) is 1. The molecule has 9 heteroatoms. The molecule has 0 aliphatic rings. The number of carbonyl (C=O) groups is 1. The van der Waals surface area contributed by atoms with Gasteiger partial charge in [-0.15, -0.1) is 0 Å². The summed E-state index contributed by atoms with van der Waals surface area (Å²) in [5, 5.41) is 2.45. The van der Waals surface area contributed by atoms with Crippen molar-refractivity contribution in [2.45, 2.75) is 19.1 Å². The van der Waals surface area contributed by atoms with Crippen molar-refractivity contribution >= 4 is 17.5 Å². The Morgan fingerprint density at radius 1 is 1.07 bits per heavy atom. The predicted molar refractivity (Wildman–Crippen MR) is 97.6 cm³/mol. The zero-order valence-corrected chi connectivity index (χ0v) is 15.3. The van der Waals surface area contributed by atoms with Crippen LogP contribution in [0.4, 0.5) is 13.2 Å². The first-order valence-corrected chi connectivity index (χ1v) is 8.54. The molecule has 5 nitrogen and oxygen atoms in total. The third kappa shape index (κ3) is 4.45. The van der Waals surface area contributed by atoms with Gasteiger partial charge in [0.25, 0.3) is 5.91 Å². The largest absolute Gasteiger partial charge is 0.416 e. The zero-order valence-electron chi connectivity index (χ0n) is 14.5. The van der Waals surface area contributed by atoms with E-state index in [0.29, 0.717) is 17.1 Å². The van der Waals surface area contributed by atoms with E-state index in [1.807, 2.05) is 0 Å². The number of carbonyl (C=O) groups excluding carboxylic acids is 1. The van der Waals surface area contributed by atoms with Gasteiger partial charge >= 0.3 is 6.18 Å². The number of amides is 1. The summed E-state index contributed by atoms with van der Waals surface area (Å²) in [5.41, 5.74) is 0.279. The smallest absolute Gasteiger partial charge is 0.344 e. The fraction of sp³-hybridized carbons (Fsp3) is 0.158. The Kier molecular flexibility index (Phi) is 5.60. The van der Waals surface area contributed by atoms with E-state index >= 15 is 0 Å². The summed E-state index contributed by atoms with van der Waals surface area (Å²) < 4.78 is 38.9. The maximum atomic E-state index is 13.0. The van der Waals surface area contributed by atoms with Gasteiger partial charge in [0.15, 0.2) is 0 Å². The summed E-state index contributed by atoms with van der Waals surface area (Å²) in [7, 11) is 0.